The number of esters is 1. The Morgan fingerprint density at radius 2 is 1.24 bits per heavy atom. The number of rotatable bonds is 25. The van der Waals surface area contributed by atoms with E-state index < -0.39 is 7.82 Å². The van der Waals surface area contributed by atoms with Crippen molar-refractivity contribution in [2.45, 2.75) is 103 Å². The van der Waals surface area contributed by atoms with Crippen LogP contribution in [0.5, 0.6) is 0 Å². The van der Waals surface area contributed by atoms with Crippen molar-refractivity contribution in [1.82, 2.24) is 0 Å². The molecule has 0 saturated carbocycles. The first-order valence-corrected chi connectivity index (χ1v) is 15.3. The van der Waals surface area contributed by atoms with Gasteiger partial charge in [0.1, 0.15) is 19.2 Å². The minimum absolute atomic E-state index is 0.0534. The molecule has 0 radical (unpaired) electrons. The first-order valence-electron chi connectivity index (χ1n) is 13.8. The monoisotopic (exact) mass is 538 g/mol. The smallest absolute Gasteiger partial charge is 0.466 e. The molecule has 0 aliphatic rings. The van der Waals surface area contributed by atoms with Crippen molar-refractivity contribution < 1.29 is 32.5 Å². The van der Waals surface area contributed by atoms with E-state index >= 15 is 0 Å². The topological polar surface area (TPSA) is 82.1 Å². The average molecular weight is 539 g/mol. The Labute approximate surface area is 226 Å². The molecule has 1 unspecified atom stereocenters. The fraction of sp³-hybridized carbons (Fsp3) is 0.759. The van der Waals surface area contributed by atoms with Crippen LogP contribution in [-0.2, 0) is 23.1 Å². The number of nitrogens with zero attached hydrogens (tertiary/aromatic N) is 1. The summed E-state index contributed by atoms with van der Waals surface area (Å²) in [6.07, 6.45) is 33.2. The zero-order chi connectivity index (χ0) is 27.7. The third-order valence-corrected chi connectivity index (χ3v) is 7.14. The molecule has 1 N–H and O–H groups in total. The van der Waals surface area contributed by atoms with Crippen LogP contribution in [-0.4, -0.2) is 54.8 Å². The highest BCUT2D eigenvalue weighted by Gasteiger charge is 2.27. The van der Waals surface area contributed by atoms with Gasteiger partial charge in [0.15, 0.2) is 13.1 Å². The lowest BCUT2D eigenvalue weighted by atomic mass is 10.0. The predicted octanol–water partition coefficient (Wildman–Crippen LogP) is 6.21. The highest BCUT2D eigenvalue weighted by Crippen LogP contribution is 2.43. The van der Waals surface area contributed by atoms with E-state index in [1.807, 2.05) is 0 Å². The van der Waals surface area contributed by atoms with Gasteiger partial charge in [-0.15, -0.1) is 12.8 Å². The van der Waals surface area contributed by atoms with Crippen LogP contribution >= 0.6 is 7.82 Å². The van der Waals surface area contributed by atoms with Gasteiger partial charge in [-0.2, -0.15) is 0 Å². The van der Waals surface area contributed by atoms with Gasteiger partial charge < -0.3 is 9.63 Å². The quantitative estimate of drug-likeness (QED) is 0.0489. The highest BCUT2D eigenvalue weighted by atomic mass is 31.2. The minimum atomic E-state index is -4.26. The number of carbonyl (C=O) groups excluding carboxylic acids is 1. The van der Waals surface area contributed by atoms with Crippen molar-refractivity contribution in [3.63, 3.8) is 0 Å². The normalized spacial score (nSPS) is 12.7. The number of quaternary nitrogens is 1. The maximum atomic E-state index is 12.0. The highest BCUT2D eigenvalue weighted by molar-refractivity contribution is 7.47. The van der Waals surface area contributed by atoms with E-state index in [-0.39, 0.29) is 56.3 Å². The Hall–Kier alpha value is -1.78. The van der Waals surface area contributed by atoms with Gasteiger partial charge in [0, 0.05) is 12.8 Å². The third-order valence-electron chi connectivity index (χ3n) is 6.13. The third kappa shape index (κ3) is 20.9. The van der Waals surface area contributed by atoms with Crippen LogP contribution in [0.4, 0.5) is 0 Å². The van der Waals surface area contributed by atoms with Crippen molar-refractivity contribution >= 4 is 13.8 Å². The molecule has 8 heteroatoms. The fourth-order valence-corrected chi connectivity index (χ4v) is 4.62. The zero-order valence-electron chi connectivity index (χ0n) is 23.0. The number of phosphoric acid groups is 1. The number of carbonyl (C=O) groups is 1. The van der Waals surface area contributed by atoms with Gasteiger partial charge in [-0.05, 0) is 18.3 Å². The molecule has 1 atom stereocenters. The van der Waals surface area contributed by atoms with Gasteiger partial charge in [-0.3, -0.25) is 13.8 Å². The van der Waals surface area contributed by atoms with Crippen LogP contribution in [0, 0.1) is 37.2 Å². The lowest BCUT2D eigenvalue weighted by Crippen LogP contribution is -2.46. The van der Waals surface area contributed by atoms with Gasteiger partial charge >= 0.3 is 13.8 Å². The molecule has 0 spiro atoms. The molecule has 0 fully saturated rings. The largest absolute Gasteiger partial charge is 0.472 e. The van der Waals surface area contributed by atoms with Crippen LogP contribution in [0.1, 0.15) is 103 Å². The van der Waals surface area contributed by atoms with Crippen molar-refractivity contribution in [3.05, 3.63) is 0 Å². The van der Waals surface area contributed by atoms with E-state index in [0.29, 0.717) is 6.42 Å². The maximum absolute atomic E-state index is 12.0. The molecule has 210 valence electrons. The van der Waals surface area contributed by atoms with Gasteiger partial charge in [0.05, 0.1) is 13.2 Å². The van der Waals surface area contributed by atoms with Crippen molar-refractivity contribution in [2.75, 3.05) is 39.5 Å². The molecule has 0 saturated heterocycles. The Morgan fingerprint density at radius 3 is 1.73 bits per heavy atom. The number of unbranched alkanes of at least 4 members (excludes halogenated alkanes) is 12. The summed E-state index contributed by atoms with van der Waals surface area (Å²) in [4.78, 5) is 21.6. The second kappa shape index (κ2) is 23.3. The zero-order valence-corrected chi connectivity index (χ0v) is 23.9. The van der Waals surface area contributed by atoms with Crippen LogP contribution in [0.3, 0.4) is 0 Å². The summed E-state index contributed by atoms with van der Waals surface area (Å²) < 4.78 is 27.0. The number of ether oxygens (including phenoxy) is 1. The second-order valence-corrected chi connectivity index (χ2v) is 10.9. The molecule has 7 nitrogen and oxygen atoms in total. The Kier molecular flexibility index (Phi) is 22.2. The number of phosphoric ester groups is 1. The van der Waals surface area contributed by atoms with Gasteiger partial charge in [-0.1, -0.05) is 90.4 Å². The van der Waals surface area contributed by atoms with E-state index in [1.54, 1.807) is 0 Å². The van der Waals surface area contributed by atoms with Gasteiger partial charge in [-0.25, -0.2) is 9.05 Å². The van der Waals surface area contributed by atoms with Crippen LogP contribution in [0.2, 0.25) is 0 Å². The summed E-state index contributed by atoms with van der Waals surface area (Å²) in [6.45, 7) is 2.70. The molecule has 0 aliphatic heterocycles. The van der Waals surface area contributed by atoms with E-state index in [2.05, 4.69) is 24.8 Å². The number of terminal acetylenes is 3. The Morgan fingerprint density at radius 1 is 0.757 bits per heavy atom. The summed E-state index contributed by atoms with van der Waals surface area (Å²) in [5, 5.41) is 0. The predicted molar refractivity (Wildman–Crippen MR) is 149 cm³/mol. The Balaban J connectivity index is 3.71. The molecule has 0 aromatic rings. The van der Waals surface area contributed by atoms with E-state index in [1.165, 1.54) is 64.2 Å². The summed E-state index contributed by atoms with van der Waals surface area (Å²) in [5.41, 5.74) is 0. The van der Waals surface area contributed by atoms with E-state index in [0.717, 1.165) is 19.3 Å². The molecule has 0 bridgehead atoms. The molecule has 37 heavy (non-hydrogen) atoms. The van der Waals surface area contributed by atoms with Gasteiger partial charge in [0.25, 0.3) is 0 Å². The SMILES string of the molecule is C#CC[N+](C#C)(CC#C)CCOP(=O)(O)OCCCOC(=O)CCCCCCCCCCCCCCC. The lowest BCUT2D eigenvalue weighted by molar-refractivity contribution is -0.849. The molecule has 0 aliphatic carbocycles. The summed E-state index contributed by atoms with van der Waals surface area (Å²) >= 11 is 0. The molecule has 0 amide bonds. The summed E-state index contributed by atoms with van der Waals surface area (Å²) in [5.74, 6) is 4.67. The molecule has 0 heterocycles. The minimum Gasteiger partial charge on any atom is -0.466 e. The first kappa shape index (κ1) is 35.2. The first-order chi connectivity index (χ1) is 17.8. The lowest BCUT2D eigenvalue weighted by Gasteiger charge is -2.27. The second-order valence-electron chi connectivity index (χ2n) is 9.42. The summed E-state index contributed by atoms with van der Waals surface area (Å²) in [7, 11) is -4.26. The van der Waals surface area contributed by atoms with E-state index in [4.69, 9.17) is 33.1 Å². The Bertz CT molecular complexity index is 748. The van der Waals surface area contributed by atoms with Crippen LogP contribution in [0.25, 0.3) is 0 Å². The van der Waals surface area contributed by atoms with Crippen molar-refractivity contribution in [2.24, 2.45) is 0 Å². The molecular formula is C29H49NO6P+. The van der Waals surface area contributed by atoms with Gasteiger partial charge in [0.2, 0.25) is 0 Å². The van der Waals surface area contributed by atoms with Crippen LogP contribution < -0.4 is 0 Å². The van der Waals surface area contributed by atoms with Crippen molar-refractivity contribution in [1.29, 1.82) is 0 Å². The fourth-order valence-electron chi connectivity index (χ4n) is 3.87. The van der Waals surface area contributed by atoms with Crippen molar-refractivity contribution in [3.8, 4) is 37.2 Å². The molecule has 0 aromatic heterocycles. The molecule has 0 rings (SSSR count). The average Bonchev–Trinajstić information content (AvgIpc) is 2.86. The summed E-state index contributed by atoms with van der Waals surface area (Å²) in [6, 6.07) is 2.53. The number of hydrogen-bond acceptors (Lipinski definition) is 5. The van der Waals surface area contributed by atoms with E-state index in [9.17, 15) is 14.3 Å². The molecular weight excluding hydrogens is 489 g/mol. The van der Waals surface area contributed by atoms with Crippen LogP contribution in [0.15, 0.2) is 0 Å². The number of hydrogen-bond donors (Lipinski definition) is 1. The maximum Gasteiger partial charge on any atom is 0.472 e. The standard InChI is InChI=1S/C29H48NO6P/c1-5-9-10-11-12-13-14-15-16-17-18-19-20-22-29(31)34-26-21-27-35-37(32,33)36-28-25-30(8-4,23-6-2)24-7-3/h2-4H,5,9-28H2,1H3/p+1. The molecule has 0 aromatic carbocycles.